The smallest absolute Gasteiger partial charge is 0.350 e. The maximum absolute atomic E-state index is 13.2. The standard InChI is InChI=1S/C24H23FN2O5S2/c1-32-24(29)22-20(15-21(33-22)16-5-3-2-4-6-16)26-23(28)17-11-13-27(14-12-17)34(30,31)19-9-7-18(25)8-10-19/h2-10,15,17H,11-14H2,1H3,(H,26,28). The Bertz CT molecular complexity index is 1280. The van der Waals surface area contributed by atoms with E-state index in [0.29, 0.717) is 23.4 Å². The average Bonchev–Trinajstić information content (AvgIpc) is 3.28. The molecule has 0 spiro atoms. The van der Waals surface area contributed by atoms with Crippen LogP contribution in [-0.4, -0.2) is 44.8 Å². The van der Waals surface area contributed by atoms with Gasteiger partial charge in [-0.25, -0.2) is 17.6 Å². The molecule has 1 aromatic heterocycles. The Kier molecular flexibility index (Phi) is 7.11. The predicted molar refractivity (Wildman–Crippen MR) is 128 cm³/mol. The Labute approximate surface area is 201 Å². The van der Waals surface area contributed by atoms with E-state index < -0.39 is 27.7 Å². The van der Waals surface area contributed by atoms with Gasteiger partial charge in [0.15, 0.2) is 0 Å². The fourth-order valence-electron chi connectivity index (χ4n) is 3.82. The number of amides is 1. The van der Waals surface area contributed by atoms with Gasteiger partial charge in [-0.2, -0.15) is 4.31 Å². The maximum Gasteiger partial charge on any atom is 0.350 e. The van der Waals surface area contributed by atoms with Gasteiger partial charge in [-0.05, 0) is 48.7 Å². The van der Waals surface area contributed by atoms with E-state index >= 15 is 0 Å². The molecule has 10 heteroatoms. The molecule has 1 aliphatic heterocycles. The summed E-state index contributed by atoms with van der Waals surface area (Å²) in [5.41, 5.74) is 1.29. The van der Waals surface area contributed by atoms with Crippen LogP contribution in [0, 0.1) is 11.7 Å². The number of rotatable bonds is 6. The highest BCUT2D eigenvalue weighted by Gasteiger charge is 2.33. The monoisotopic (exact) mass is 502 g/mol. The molecule has 2 aromatic carbocycles. The third-order valence-corrected chi connectivity index (χ3v) is 8.77. The second-order valence-corrected chi connectivity index (χ2v) is 10.8. The van der Waals surface area contributed by atoms with Crippen molar-refractivity contribution in [1.29, 1.82) is 0 Å². The van der Waals surface area contributed by atoms with Crippen molar-refractivity contribution in [3.63, 3.8) is 0 Å². The molecular weight excluding hydrogens is 479 g/mol. The Morgan fingerprint density at radius 2 is 1.71 bits per heavy atom. The van der Waals surface area contributed by atoms with Crippen LogP contribution in [-0.2, 0) is 19.6 Å². The molecule has 2 heterocycles. The van der Waals surface area contributed by atoms with Crippen LogP contribution in [0.15, 0.2) is 65.6 Å². The fourth-order valence-corrected chi connectivity index (χ4v) is 6.33. The summed E-state index contributed by atoms with van der Waals surface area (Å²) < 4.78 is 45.0. The van der Waals surface area contributed by atoms with E-state index in [1.165, 1.54) is 34.9 Å². The lowest BCUT2D eigenvalue weighted by atomic mass is 9.97. The molecule has 1 amide bonds. The molecule has 3 aromatic rings. The van der Waals surface area contributed by atoms with Crippen LogP contribution in [0.25, 0.3) is 10.4 Å². The minimum absolute atomic E-state index is 0.0197. The van der Waals surface area contributed by atoms with Crippen molar-refractivity contribution >= 4 is 38.9 Å². The number of hydrogen-bond acceptors (Lipinski definition) is 6. The highest BCUT2D eigenvalue weighted by molar-refractivity contribution is 7.89. The molecule has 1 saturated heterocycles. The third kappa shape index (κ3) is 5.03. The molecule has 178 valence electrons. The lowest BCUT2D eigenvalue weighted by Crippen LogP contribution is -2.41. The zero-order valence-corrected chi connectivity index (χ0v) is 20.0. The molecule has 0 radical (unpaired) electrons. The number of benzene rings is 2. The van der Waals surface area contributed by atoms with Crippen LogP contribution in [0.5, 0.6) is 0 Å². The summed E-state index contributed by atoms with van der Waals surface area (Å²) >= 11 is 1.23. The topological polar surface area (TPSA) is 92.8 Å². The average molecular weight is 503 g/mol. The summed E-state index contributed by atoms with van der Waals surface area (Å²) in [6, 6.07) is 15.9. The molecule has 34 heavy (non-hydrogen) atoms. The van der Waals surface area contributed by atoms with Gasteiger partial charge in [-0.15, -0.1) is 11.3 Å². The second kappa shape index (κ2) is 10.0. The van der Waals surface area contributed by atoms with Gasteiger partial charge in [0.25, 0.3) is 0 Å². The molecule has 0 atom stereocenters. The van der Waals surface area contributed by atoms with E-state index in [-0.39, 0.29) is 23.9 Å². The van der Waals surface area contributed by atoms with Crippen LogP contribution < -0.4 is 5.32 Å². The van der Waals surface area contributed by atoms with Gasteiger partial charge in [0.2, 0.25) is 15.9 Å². The summed E-state index contributed by atoms with van der Waals surface area (Å²) in [6.07, 6.45) is 0.658. The number of hydrogen-bond donors (Lipinski definition) is 1. The Balaban J connectivity index is 1.45. The highest BCUT2D eigenvalue weighted by atomic mass is 32.2. The van der Waals surface area contributed by atoms with E-state index in [0.717, 1.165) is 22.6 Å². The number of anilines is 1. The fraction of sp³-hybridized carbons (Fsp3) is 0.250. The zero-order chi connectivity index (χ0) is 24.3. The first kappa shape index (κ1) is 24.1. The first-order chi connectivity index (χ1) is 16.3. The molecule has 1 N–H and O–H groups in total. The van der Waals surface area contributed by atoms with Gasteiger partial charge in [-0.3, -0.25) is 4.79 Å². The van der Waals surface area contributed by atoms with Crippen molar-refractivity contribution in [3.8, 4) is 10.4 Å². The Morgan fingerprint density at radius 3 is 2.32 bits per heavy atom. The highest BCUT2D eigenvalue weighted by Crippen LogP contribution is 2.36. The number of esters is 1. The lowest BCUT2D eigenvalue weighted by Gasteiger charge is -2.30. The number of halogens is 1. The Morgan fingerprint density at radius 1 is 1.06 bits per heavy atom. The van der Waals surface area contributed by atoms with Crippen molar-refractivity contribution in [2.24, 2.45) is 5.92 Å². The molecule has 0 aliphatic carbocycles. The van der Waals surface area contributed by atoms with Crippen LogP contribution in [0.3, 0.4) is 0 Å². The summed E-state index contributed by atoms with van der Waals surface area (Å²) in [5.74, 6) is -1.74. The molecule has 0 bridgehead atoms. The van der Waals surface area contributed by atoms with E-state index in [2.05, 4.69) is 5.32 Å². The Hall–Kier alpha value is -3.08. The molecule has 4 rings (SSSR count). The maximum atomic E-state index is 13.2. The van der Waals surface area contributed by atoms with Crippen molar-refractivity contribution in [2.45, 2.75) is 17.7 Å². The normalized spacial score (nSPS) is 15.1. The number of carbonyl (C=O) groups excluding carboxylic acids is 2. The summed E-state index contributed by atoms with van der Waals surface area (Å²) in [6.45, 7) is 0.334. The molecule has 0 saturated carbocycles. The van der Waals surface area contributed by atoms with Crippen molar-refractivity contribution in [1.82, 2.24) is 4.31 Å². The third-order valence-electron chi connectivity index (χ3n) is 5.70. The van der Waals surface area contributed by atoms with Crippen molar-refractivity contribution < 1.29 is 27.1 Å². The van der Waals surface area contributed by atoms with E-state index in [1.807, 2.05) is 30.3 Å². The second-order valence-electron chi connectivity index (χ2n) is 7.83. The van der Waals surface area contributed by atoms with Crippen molar-refractivity contribution in [2.75, 3.05) is 25.5 Å². The number of sulfonamides is 1. The van der Waals surface area contributed by atoms with Crippen LogP contribution in [0.2, 0.25) is 0 Å². The number of piperidine rings is 1. The molecule has 1 fully saturated rings. The largest absolute Gasteiger partial charge is 0.465 e. The van der Waals surface area contributed by atoms with Crippen molar-refractivity contribution in [3.05, 3.63) is 71.4 Å². The van der Waals surface area contributed by atoms with Gasteiger partial charge in [0.1, 0.15) is 10.7 Å². The predicted octanol–water partition coefficient (Wildman–Crippen LogP) is 4.38. The summed E-state index contributed by atoms with van der Waals surface area (Å²) in [5, 5.41) is 2.84. The number of methoxy groups -OCH3 is 1. The molecular formula is C24H23FN2O5S2. The number of thiophene rings is 1. The van der Waals surface area contributed by atoms with Crippen LogP contribution in [0.4, 0.5) is 10.1 Å². The number of nitrogens with one attached hydrogen (secondary N) is 1. The first-order valence-electron chi connectivity index (χ1n) is 10.6. The van der Waals surface area contributed by atoms with Gasteiger partial charge in [0.05, 0.1) is 17.7 Å². The minimum atomic E-state index is -3.76. The SMILES string of the molecule is COC(=O)c1sc(-c2ccccc2)cc1NC(=O)C1CCN(S(=O)(=O)c2ccc(F)cc2)CC1. The number of ether oxygens (including phenoxy) is 1. The number of nitrogens with zero attached hydrogens (tertiary/aromatic N) is 1. The summed E-state index contributed by atoms with van der Waals surface area (Å²) in [7, 11) is -2.48. The molecule has 7 nitrogen and oxygen atoms in total. The molecule has 0 unspecified atom stereocenters. The number of carbonyl (C=O) groups is 2. The van der Waals surface area contributed by atoms with Gasteiger partial charge in [0, 0.05) is 23.9 Å². The quantitative estimate of drug-likeness (QED) is 0.505. The summed E-state index contributed by atoms with van der Waals surface area (Å²) in [4.78, 5) is 26.4. The van der Waals surface area contributed by atoms with Crippen LogP contribution >= 0.6 is 11.3 Å². The molecule has 1 aliphatic rings. The van der Waals surface area contributed by atoms with Crippen LogP contribution in [0.1, 0.15) is 22.5 Å². The first-order valence-corrected chi connectivity index (χ1v) is 12.9. The minimum Gasteiger partial charge on any atom is -0.465 e. The van der Waals surface area contributed by atoms with Gasteiger partial charge < -0.3 is 10.1 Å². The van der Waals surface area contributed by atoms with E-state index in [1.54, 1.807) is 6.07 Å². The van der Waals surface area contributed by atoms with E-state index in [4.69, 9.17) is 4.74 Å². The van der Waals surface area contributed by atoms with Gasteiger partial charge in [-0.1, -0.05) is 30.3 Å². The zero-order valence-electron chi connectivity index (χ0n) is 18.4. The van der Waals surface area contributed by atoms with E-state index in [9.17, 15) is 22.4 Å². The van der Waals surface area contributed by atoms with Gasteiger partial charge >= 0.3 is 5.97 Å². The lowest BCUT2D eigenvalue weighted by molar-refractivity contribution is -0.120.